The van der Waals surface area contributed by atoms with Crippen LogP contribution in [0.15, 0.2) is 95.0 Å². The number of carbonyl (C=O) groups excluding carboxylic acids is 1. The number of fused-ring (bicyclic) bond motifs is 1. The summed E-state index contributed by atoms with van der Waals surface area (Å²) in [7, 11) is 0. The van der Waals surface area contributed by atoms with Gasteiger partial charge in [-0.25, -0.2) is 0 Å². The maximum absolute atomic E-state index is 12.9. The van der Waals surface area contributed by atoms with Crippen molar-refractivity contribution in [1.82, 2.24) is 14.8 Å². The Morgan fingerprint density at radius 1 is 1.03 bits per heavy atom. The molecule has 0 aliphatic rings. The number of benzene rings is 3. The molecule has 2 heterocycles. The fourth-order valence-electron chi connectivity index (χ4n) is 3.81. The monoisotopic (exact) mass is 541 g/mol. The number of amides is 1. The van der Waals surface area contributed by atoms with Crippen molar-refractivity contribution in [1.29, 1.82) is 5.26 Å². The van der Waals surface area contributed by atoms with Crippen LogP contribution in [-0.2, 0) is 17.1 Å². The summed E-state index contributed by atoms with van der Waals surface area (Å²) in [5, 5.41) is 22.7. The minimum Gasteiger partial charge on any atom is -0.342 e. The Morgan fingerprint density at radius 2 is 1.78 bits per heavy atom. The Balaban J connectivity index is 1.31. The zero-order valence-corrected chi connectivity index (χ0v) is 21.9. The summed E-state index contributed by atoms with van der Waals surface area (Å²) in [6, 6.07) is 27.7. The third-order valence-corrected chi connectivity index (χ3v) is 7.88. The highest BCUT2D eigenvalue weighted by Crippen LogP contribution is 2.29. The molecular weight excluding hydrogens is 522 g/mol. The Hall–Kier alpha value is -3.90. The number of carbonyl (C=O) groups is 1. The normalized spacial score (nSPS) is 11.4. The van der Waals surface area contributed by atoms with Gasteiger partial charge in [-0.2, -0.15) is 5.26 Å². The van der Waals surface area contributed by atoms with E-state index in [1.54, 1.807) is 6.08 Å². The van der Waals surface area contributed by atoms with E-state index < -0.39 is 5.91 Å². The van der Waals surface area contributed by atoms with Gasteiger partial charge in [0.25, 0.3) is 5.91 Å². The molecule has 3 aromatic carbocycles. The summed E-state index contributed by atoms with van der Waals surface area (Å²) in [5.41, 5.74) is 4.10. The molecule has 182 valence electrons. The van der Waals surface area contributed by atoms with Gasteiger partial charge in [-0.05, 0) is 35.4 Å². The number of hydrogen-bond donors (Lipinski definition) is 1. The number of rotatable bonds is 8. The molecule has 6 nitrogen and oxygen atoms in total. The first-order valence-electron chi connectivity index (χ1n) is 11.3. The number of aromatic nitrogens is 3. The van der Waals surface area contributed by atoms with Crippen LogP contribution in [0, 0.1) is 11.3 Å². The Morgan fingerprint density at radius 3 is 2.57 bits per heavy atom. The van der Waals surface area contributed by atoms with Crippen molar-refractivity contribution < 1.29 is 4.79 Å². The second kappa shape index (κ2) is 11.4. The quantitative estimate of drug-likeness (QED) is 0.0986. The van der Waals surface area contributed by atoms with Crippen LogP contribution in [-0.4, -0.2) is 20.7 Å². The summed E-state index contributed by atoms with van der Waals surface area (Å²) in [6.45, 7) is 0.685. The standard InChI is InChI=1S/C28H20ClN5OS2/c29-23-12-10-20(11-13-23)18-36-28-33-32-27(37-28)31-26(35)21(15-30)14-22-17-34(16-19-6-2-1-3-7-19)25-9-5-4-8-24(22)25/h1-14,17H,16,18H2,(H,31,32,35)/b21-14+. The van der Waals surface area contributed by atoms with Crippen LogP contribution in [0.1, 0.15) is 16.7 Å². The second-order valence-corrected chi connectivity index (χ2v) is 10.8. The van der Waals surface area contributed by atoms with Gasteiger partial charge in [-0.1, -0.05) is 95.4 Å². The Bertz CT molecular complexity index is 1620. The third kappa shape index (κ3) is 6.09. The molecule has 0 saturated heterocycles. The summed E-state index contributed by atoms with van der Waals surface area (Å²) >= 11 is 8.72. The van der Waals surface area contributed by atoms with Crippen molar-refractivity contribution >= 4 is 62.7 Å². The van der Waals surface area contributed by atoms with E-state index in [0.29, 0.717) is 22.5 Å². The van der Waals surface area contributed by atoms with Crippen LogP contribution in [0.3, 0.4) is 0 Å². The molecule has 2 aromatic heterocycles. The first-order chi connectivity index (χ1) is 18.1. The molecular formula is C28H20ClN5OS2. The van der Waals surface area contributed by atoms with Crippen LogP contribution in [0.25, 0.3) is 17.0 Å². The van der Waals surface area contributed by atoms with Crippen molar-refractivity contribution in [3.63, 3.8) is 0 Å². The highest BCUT2D eigenvalue weighted by atomic mass is 35.5. The van der Waals surface area contributed by atoms with Gasteiger partial charge < -0.3 is 4.57 Å². The van der Waals surface area contributed by atoms with Gasteiger partial charge in [0, 0.05) is 40.0 Å². The number of nitrogens with one attached hydrogen (secondary N) is 1. The SMILES string of the molecule is N#C/C(=C\c1cn(Cc2ccccc2)c2ccccc12)C(=O)Nc1nnc(SCc2ccc(Cl)cc2)s1. The van der Waals surface area contributed by atoms with E-state index in [1.165, 1.54) is 23.1 Å². The number of nitrogens with zero attached hydrogens (tertiary/aromatic N) is 4. The predicted molar refractivity (Wildman–Crippen MR) is 151 cm³/mol. The van der Waals surface area contributed by atoms with Gasteiger partial charge >= 0.3 is 0 Å². The van der Waals surface area contributed by atoms with Crippen molar-refractivity contribution in [3.8, 4) is 6.07 Å². The van der Waals surface area contributed by atoms with Gasteiger partial charge in [0.1, 0.15) is 11.6 Å². The van der Waals surface area contributed by atoms with Crippen LogP contribution in [0.2, 0.25) is 5.02 Å². The topological polar surface area (TPSA) is 83.6 Å². The lowest BCUT2D eigenvalue weighted by Crippen LogP contribution is -2.13. The van der Waals surface area contributed by atoms with Crippen molar-refractivity contribution in [2.45, 2.75) is 16.6 Å². The number of nitriles is 1. The van der Waals surface area contributed by atoms with Crippen LogP contribution in [0.4, 0.5) is 5.13 Å². The molecule has 5 rings (SSSR count). The van der Waals surface area contributed by atoms with E-state index in [9.17, 15) is 10.1 Å². The molecule has 0 radical (unpaired) electrons. The molecule has 9 heteroatoms. The molecule has 0 spiro atoms. The van der Waals surface area contributed by atoms with Crippen LogP contribution < -0.4 is 5.32 Å². The Kier molecular flexibility index (Phi) is 7.66. The average Bonchev–Trinajstić information content (AvgIpc) is 3.51. The number of anilines is 1. The summed E-state index contributed by atoms with van der Waals surface area (Å²) < 4.78 is 2.84. The molecule has 5 aromatic rings. The zero-order valence-electron chi connectivity index (χ0n) is 19.5. The first kappa shape index (κ1) is 24.8. The highest BCUT2D eigenvalue weighted by Gasteiger charge is 2.15. The molecule has 0 aliphatic carbocycles. The maximum atomic E-state index is 12.9. The fraction of sp³-hybridized carbons (Fsp3) is 0.0714. The summed E-state index contributed by atoms with van der Waals surface area (Å²) in [6.07, 6.45) is 3.59. The maximum Gasteiger partial charge on any atom is 0.268 e. The van der Waals surface area contributed by atoms with Crippen LogP contribution in [0.5, 0.6) is 0 Å². The van der Waals surface area contributed by atoms with Gasteiger partial charge in [0.15, 0.2) is 4.34 Å². The van der Waals surface area contributed by atoms with Crippen molar-refractivity contribution in [3.05, 3.63) is 112 Å². The fourth-order valence-corrected chi connectivity index (χ4v) is 5.64. The van der Waals surface area contributed by atoms with Crippen molar-refractivity contribution in [2.24, 2.45) is 0 Å². The summed E-state index contributed by atoms with van der Waals surface area (Å²) in [4.78, 5) is 12.9. The molecule has 1 N–H and O–H groups in total. The minimum absolute atomic E-state index is 0.00631. The second-order valence-electron chi connectivity index (χ2n) is 8.13. The van der Waals surface area contributed by atoms with Crippen LogP contribution >= 0.6 is 34.7 Å². The molecule has 0 fully saturated rings. The van der Waals surface area contributed by atoms with Gasteiger partial charge in [-0.15, -0.1) is 10.2 Å². The summed E-state index contributed by atoms with van der Waals surface area (Å²) in [5.74, 6) is 0.184. The van der Waals surface area contributed by atoms with E-state index in [0.717, 1.165) is 31.9 Å². The molecule has 37 heavy (non-hydrogen) atoms. The van der Waals surface area contributed by atoms with E-state index in [4.69, 9.17) is 11.6 Å². The predicted octanol–water partition coefficient (Wildman–Crippen LogP) is 7.03. The lowest BCUT2D eigenvalue weighted by atomic mass is 10.1. The van der Waals surface area contributed by atoms with Gasteiger partial charge in [0.2, 0.25) is 5.13 Å². The third-order valence-electron chi connectivity index (χ3n) is 5.58. The molecule has 0 atom stereocenters. The first-order valence-corrected chi connectivity index (χ1v) is 13.5. The highest BCUT2D eigenvalue weighted by molar-refractivity contribution is 8.00. The largest absolute Gasteiger partial charge is 0.342 e. The number of halogens is 1. The lowest BCUT2D eigenvalue weighted by Gasteiger charge is -2.05. The lowest BCUT2D eigenvalue weighted by molar-refractivity contribution is -0.112. The molecule has 1 amide bonds. The van der Waals surface area contributed by atoms with Crippen molar-refractivity contribution in [2.75, 3.05) is 5.32 Å². The molecule has 0 saturated carbocycles. The Labute approximate surface area is 227 Å². The number of thioether (sulfide) groups is 1. The van der Waals surface area contributed by atoms with Gasteiger partial charge in [0.05, 0.1) is 0 Å². The molecule has 0 unspecified atom stereocenters. The molecule has 0 bridgehead atoms. The smallest absolute Gasteiger partial charge is 0.268 e. The van der Waals surface area contributed by atoms with E-state index >= 15 is 0 Å². The van der Waals surface area contributed by atoms with E-state index in [2.05, 4.69) is 32.2 Å². The van der Waals surface area contributed by atoms with E-state index in [-0.39, 0.29) is 5.57 Å². The number of hydrogen-bond acceptors (Lipinski definition) is 6. The minimum atomic E-state index is -0.521. The van der Waals surface area contributed by atoms with E-state index in [1.807, 2.05) is 79.0 Å². The van der Waals surface area contributed by atoms with Gasteiger partial charge in [-0.3, -0.25) is 10.1 Å². The average molecular weight is 542 g/mol. The number of para-hydroxylation sites is 1. The molecule has 0 aliphatic heterocycles. The zero-order chi connectivity index (χ0) is 25.6.